The van der Waals surface area contributed by atoms with Crippen LogP contribution in [0.4, 0.5) is 0 Å². The van der Waals surface area contributed by atoms with E-state index in [2.05, 4.69) is 27.7 Å². The average molecular weight is 241 g/mol. The molecule has 1 heteroatoms. The van der Waals surface area contributed by atoms with Crippen molar-refractivity contribution in [3.63, 3.8) is 0 Å². The van der Waals surface area contributed by atoms with Crippen LogP contribution in [0.2, 0.25) is 0 Å². The van der Waals surface area contributed by atoms with Crippen molar-refractivity contribution in [3.05, 3.63) is 6.92 Å². The third kappa shape index (κ3) is 7.81. The first-order chi connectivity index (χ1) is 8.24. The largest absolute Gasteiger partial charge is 0.324 e. The molecule has 0 saturated carbocycles. The van der Waals surface area contributed by atoms with Crippen molar-refractivity contribution in [1.82, 2.24) is 0 Å². The fourth-order valence-electron chi connectivity index (χ4n) is 2.60. The molecule has 0 aromatic rings. The van der Waals surface area contributed by atoms with E-state index in [1.54, 1.807) is 0 Å². The molecule has 0 aromatic heterocycles. The van der Waals surface area contributed by atoms with Gasteiger partial charge in [-0.15, -0.1) is 0 Å². The molecule has 0 spiro atoms. The van der Waals surface area contributed by atoms with Gasteiger partial charge in [0.15, 0.2) is 0 Å². The van der Waals surface area contributed by atoms with Gasteiger partial charge in [-0.2, -0.15) is 0 Å². The molecule has 0 aliphatic rings. The second kappa shape index (κ2) is 11.1. The molecule has 0 aliphatic heterocycles. The van der Waals surface area contributed by atoms with Crippen LogP contribution in [0.5, 0.6) is 0 Å². The molecule has 0 saturated heterocycles. The van der Waals surface area contributed by atoms with E-state index in [1.807, 2.05) is 0 Å². The molecular formula is C16H35N+. The van der Waals surface area contributed by atoms with Gasteiger partial charge in [0.25, 0.3) is 0 Å². The SMILES string of the molecule is [CH2]CCC[N+](CCCC)(CCCC)CCCC. The second-order valence-electron chi connectivity index (χ2n) is 5.50. The molecule has 0 bridgehead atoms. The first kappa shape index (κ1) is 17.0. The number of hydrogen-bond donors (Lipinski definition) is 0. The predicted molar refractivity (Wildman–Crippen MR) is 79.0 cm³/mol. The maximum absolute atomic E-state index is 4.02. The fraction of sp³-hybridized carbons (Fsp3) is 0.938. The van der Waals surface area contributed by atoms with Gasteiger partial charge in [0.1, 0.15) is 0 Å². The molecule has 0 aliphatic carbocycles. The number of unbranched alkanes of at least 4 members (excludes halogenated alkanes) is 4. The minimum atomic E-state index is 1.10. The lowest BCUT2D eigenvalue weighted by atomic mass is 10.1. The molecule has 17 heavy (non-hydrogen) atoms. The second-order valence-corrected chi connectivity index (χ2v) is 5.50. The quantitative estimate of drug-likeness (QED) is 0.430. The molecule has 103 valence electrons. The molecular weight excluding hydrogens is 206 g/mol. The molecule has 0 unspecified atom stereocenters. The predicted octanol–water partition coefficient (Wildman–Crippen LogP) is 4.82. The minimum Gasteiger partial charge on any atom is -0.324 e. The highest BCUT2D eigenvalue weighted by Crippen LogP contribution is 2.16. The lowest BCUT2D eigenvalue weighted by Crippen LogP contribution is -2.50. The van der Waals surface area contributed by atoms with E-state index in [-0.39, 0.29) is 0 Å². The van der Waals surface area contributed by atoms with E-state index >= 15 is 0 Å². The highest BCUT2D eigenvalue weighted by molar-refractivity contribution is 4.50. The molecule has 0 amide bonds. The Balaban J connectivity index is 4.39. The van der Waals surface area contributed by atoms with Gasteiger partial charge in [-0.05, 0) is 32.1 Å². The number of hydrogen-bond acceptors (Lipinski definition) is 0. The van der Waals surface area contributed by atoms with Crippen LogP contribution in [0.1, 0.15) is 72.1 Å². The van der Waals surface area contributed by atoms with Crippen molar-refractivity contribution < 1.29 is 4.48 Å². The van der Waals surface area contributed by atoms with Crippen LogP contribution in [0, 0.1) is 6.92 Å². The summed E-state index contributed by atoms with van der Waals surface area (Å²) >= 11 is 0. The van der Waals surface area contributed by atoms with Crippen LogP contribution in [-0.4, -0.2) is 30.7 Å². The third-order valence-corrected chi connectivity index (χ3v) is 3.84. The Morgan fingerprint density at radius 1 is 0.647 bits per heavy atom. The molecule has 0 N–H and O–H groups in total. The zero-order valence-electron chi connectivity index (χ0n) is 12.6. The Hall–Kier alpha value is -0.0400. The number of rotatable bonds is 12. The Kier molecular flexibility index (Phi) is 11.0. The molecule has 0 heterocycles. The van der Waals surface area contributed by atoms with Gasteiger partial charge in [0.2, 0.25) is 0 Å². The summed E-state index contributed by atoms with van der Waals surface area (Å²) in [5.74, 6) is 0. The van der Waals surface area contributed by atoms with Crippen molar-refractivity contribution in [3.8, 4) is 0 Å². The van der Waals surface area contributed by atoms with E-state index in [0.717, 1.165) is 6.42 Å². The van der Waals surface area contributed by atoms with Crippen molar-refractivity contribution >= 4 is 0 Å². The third-order valence-electron chi connectivity index (χ3n) is 3.84. The van der Waals surface area contributed by atoms with E-state index in [9.17, 15) is 0 Å². The van der Waals surface area contributed by atoms with E-state index in [1.165, 1.54) is 75.6 Å². The Morgan fingerprint density at radius 2 is 1.00 bits per heavy atom. The van der Waals surface area contributed by atoms with Crippen LogP contribution >= 0.6 is 0 Å². The van der Waals surface area contributed by atoms with Crippen LogP contribution in [0.15, 0.2) is 0 Å². The Labute approximate surface area is 110 Å². The molecule has 0 fully saturated rings. The van der Waals surface area contributed by atoms with Crippen molar-refractivity contribution in [2.45, 2.75) is 72.1 Å². The maximum atomic E-state index is 4.02. The monoisotopic (exact) mass is 241 g/mol. The molecule has 1 nitrogen and oxygen atoms in total. The molecule has 0 atom stereocenters. The van der Waals surface area contributed by atoms with Gasteiger partial charge in [0, 0.05) is 0 Å². The number of quaternary nitrogens is 1. The van der Waals surface area contributed by atoms with E-state index in [0.29, 0.717) is 0 Å². The van der Waals surface area contributed by atoms with E-state index in [4.69, 9.17) is 0 Å². The summed E-state index contributed by atoms with van der Waals surface area (Å²) in [6.45, 7) is 16.5. The fourth-order valence-corrected chi connectivity index (χ4v) is 2.60. The van der Waals surface area contributed by atoms with Gasteiger partial charge >= 0.3 is 0 Å². The molecule has 0 aromatic carbocycles. The number of nitrogens with zero attached hydrogens (tertiary/aromatic N) is 1. The van der Waals surface area contributed by atoms with Gasteiger partial charge < -0.3 is 4.48 Å². The Bertz CT molecular complexity index is 116. The first-order valence-electron chi connectivity index (χ1n) is 7.89. The highest BCUT2D eigenvalue weighted by atomic mass is 15.3. The average Bonchev–Trinajstić information content (AvgIpc) is 2.37. The van der Waals surface area contributed by atoms with Gasteiger partial charge in [-0.1, -0.05) is 47.0 Å². The topological polar surface area (TPSA) is 0 Å². The smallest absolute Gasteiger partial charge is 0.0786 e. The van der Waals surface area contributed by atoms with Gasteiger partial charge in [-0.25, -0.2) is 0 Å². The summed E-state index contributed by atoms with van der Waals surface area (Å²) < 4.78 is 1.38. The van der Waals surface area contributed by atoms with Crippen molar-refractivity contribution in [2.24, 2.45) is 0 Å². The summed E-state index contributed by atoms with van der Waals surface area (Å²) in [4.78, 5) is 0. The lowest BCUT2D eigenvalue weighted by Gasteiger charge is -2.39. The van der Waals surface area contributed by atoms with Crippen molar-refractivity contribution in [2.75, 3.05) is 26.2 Å². The summed E-state index contributed by atoms with van der Waals surface area (Å²) in [6, 6.07) is 0. The zero-order valence-corrected chi connectivity index (χ0v) is 12.6. The summed E-state index contributed by atoms with van der Waals surface area (Å²) in [6.07, 6.45) is 10.6. The van der Waals surface area contributed by atoms with Crippen LogP contribution in [0.25, 0.3) is 0 Å². The molecule has 1 radical (unpaired) electrons. The standard InChI is InChI=1S/C16H35N/c1-5-9-13-17(14-10-6-2,15-11-7-3)16-12-8-4/h1,5-16H2,2-4H3/q+1. The first-order valence-corrected chi connectivity index (χ1v) is 7.89. The van der Waals surface area contributed by atoms with Crippen LogP contribution in [0.3, 0.4) is 0 Å². The minimum absolute atomic E-state index is 1.10. The van der Waals surface area contributed by atoms with Gasteiger partial charge in [-0.3, -0.25) is 0 Å². The maximum Gasteiger partial charge on any atom is 0.0786 e. The summed E-state index contributed by atoms with van der Waals surface area (Å²) in [5, 5.41) is 0. The van der Waals surface area contributed by atoms with E-state index < -0.39 is 0 Å². The van der Waals surface area contributed by atoms with Crippen LogP contribution < -0.4 is 0 Å². The van der Waals surface area contributed by atoms with Crippen molar-refractivity contribution in [1.29, 1.82) is 0 Å². The van der Waals surface area contributed by atoms with Gasteiger partial charge in [0.05, 0.1) is 26.2 Å². The zero-order chi connectivity index (χ0) is 13.0. The lowest BCUT2D eigenvalue weighted by molar-refractivity contribution is -0.929. The normalized spacial score (nSPS) is 12.0. The summed E-state index contributed by atoms with van der Waals surface area (Å²) in [7, 11) is 0. The Morgan fingerprint density at radius 3 is 1.29 bits per heavy atom. The van der Waals surface area contributed by atoms with Crippen LogP contribution in [-0.2, 0) is 0 Å². The summed E-state index contributed by atoms with van der Waals surface area (Å²) in [5.41, 5.74) is 0. The highest BCUT2D eigenvalue weighted by Gasteiger charge is 2.24. The molecule has 0 rings (SSSR count).